The van der Waals surface area contributed by atoms with Crippen molar-refractivity contribution in [2.24, 2.45) is 0 Å². The maximum Gasteiger partial charge on any atom is 0.146 e. The summed E-state index contributed by atoms with van der Waals surface area (Å²) in [6, 6.07) is 42.4. The first-order valence-corrected chi connectivity index (χ1v) is 16.4. The molecule has 4 aromatic heterocycles. The van der Waals surface area contributed by atoms with Crippen LogP contribution in [-0.2, 0) is 5.41 Å². The molecular weight excluding hydrogens is 589 g/mol. The van der Waals surface area contributed by atoms with Crippen molar-refractivity contribution in [3.63, 3.8) is 0 Å². The molecule has 0 unspecified atom stereocenters. The molecule has 0 aliphatic rings. The second-order valence-corrected chi connectivity index (χ2v) is 13.6. The van der Waals surface area contributed by atoms with E-state index in [1.54, 1.807) is 0 Å². The molecule has 0 amide bonds. The van der Waals surface area contributed by atoms with Crippen LogP contribution in [0.4, 0.5) is 0 Å². The first-order chi connectivity index (χ1) is 23.3. The Morgan fingerprint density at radius 1 is 0.604 bits per heavy atom. The van der Waals surface area contributed by atoms with Crippen molar-refractivity contribution in [1.82, 2.24) is 18.9 Å². The molecule has 5 aromatic carbocycles. The van der Waals surface area contributed by atoms with Gasteiger partial charge in [0.2, 0.25) is 0 Å². The minimum absolute atomic E-state index is 0.0814. The molecule has 4 heterocycles. The molecule has 48 heavy (non-hydrogen) atoms. The van der Waals surface area contributed by atoms with E-state index >= 15 is 0 Å². The molecule has 0 aliphatic carbocycles. The molecule has 5 nitrogen and oxygen atoms in total. The lowest BCUT2D eigenvalue weighted by atomic mass is 9.87. The average molecular weight is 623 g/mol. The number of imidazole rings is 1. The third kappa shape index (κ3) is 4.39. The van der Waals surface area contributed by atoms with Gasteiger partial charge in [-0.05, 0) is 71.8 Å². The highest BCUT2D eigenvalue weighted by molar-refractivity contribution is 6.12. The standard InChI is InChI=1S/C43H34N4O/c1-27-12-5-6-13-30(27)37-26-46-38-17-9-7-14-32(38)31-21-19-28(24-35(31)41(46)45-37)48-29-20-22-34-33-15-8-10-18-39(33)47(40(34)25-29)42-36(43(2,3)4)16-11-23-44-42/h5-26H,1-4H3. The minimum atomic E-state index is -0.0814. The number of hydrogen-bond acceptors (Lipinski definition) is 3. The summed E-state index contributed by atoms with van der Waals surface area (Å²) in [5, 5.41) is 5.72. The van der Waals surface area contributed by atoms with Crippen molar-refractivity contribution >= 4 is 49.1 Å². The van der Waals surface area contributed by atoms with Gasteiger partial charge in [0.1, 0.15) is 23.0 Å². The summed E-state index contributed by atoms with van der Waals surface area (Å²) in [6.45, 7) is 8.84. The van der Waals surface area contributed by atoms with Gasteiger partial charge in [-0.2, -0.15) is 0 Å². The van der Waals surface area contributed by atoms with Gasteiger partial charge in [-0.3, -0.25) is 8.97 Å². The smallest absolute Gasteiger partial charge is 0.146 e. The highest BCUT2D eigenvalue weighted by atomic mass is 16.5. The van der Waals surface area contributed by atoms with Crippen molar-refractivity contribution in [2.75, 3.05) is 0 Å². The van der Waals surface area contributed by atoms with Crippen LogP contribution in [0.15, 0.2) is 134 Å². The van der Waals surface area contributed by atoms with E-state index in [4.69, 9.17) is 14.7 Å². The van der Waals surface area contributed by atoms with Crippen molar-refractivity contribution in [3.8, 4) is 28.6 Å². The van der Waals surface area contributed by atoms with Crippen molar-refractivity contribution in [3.05, 3.63) is 145 Å². The first-order valence-electron chi connectivity index (χ1n) is 16.4. The van der Waals surface area contributed by atoms with E-state index in [0.29, 0.717) is 0 Å². The quantitative estimate of drug-likeness (QED) is 0.183. The van der Waals surface area contributed by atoms with E-state index in [2.05, 4.69) is 158 Å². The number of pyridine rings is 2. The summed E-state index contributed by atoms with van der Waals surface area (Å²) in [7, 11) is 0. The topological polar surface area (TPSA) is 44.4 Å². The molecular formula is C43H34N4O. The Morgan fingerprint density at radius 2 is 1.27 bits per heavy atom. The Bertz CT molecular complexity index is 2710. The number of rotatable bonds is 4. The van der Waals surface area contributed by atoms with Crippen LogP contribution in [0.25, 0.3) is 66.2 Å². The molecule has 0 fully saturated rings. The third-order valence-corrected chi connectivity index (χ3v) is 9.50. The van der Waals surface area contributed by atoms with Crippen molar-refractivity contribution in [2.45, 2.75) is 33.1 Å². The number of aromatic nitrogens is 4. The zero-order valence-electron chi connectivity index (χ0n) is 27.4. The number of nitrogens with zero attached hydrogens (tertiary/aromatic N) is 4. The third-order valence-electron chi connectivity index (χ3n) is 9.50. The Balaban J connectivity index is 1.22. The van der Waals surface area contributed by atoms with Crippen molar-refractivity contribution in [1.29, 1.82) is 0 Å². The molecule has 0 radical (unpaired) electrons. The van der Waals surface area contributed by atoms with Gasteiger partial charge in [0.25, 0.3) is 0 Å². The second-order valence-electron chi connectivity index (χ2n) is 13.6. The summed E-state index contributed by atoms with van der Waals surface area (Å²) in [5.41, 5.74) is 8.62. The number of ether oxygens (including phenoxy) is 1. The number of aryl methyl sites for hydroxylation is 1. The molecule has 0 atom stereocenters. The molecule has 9 aromatic rings. The SMILES string of the molecule is Cc1ccccc1-c1cn2c3ccccc3c3ccc(Oc4ccc5c6ccccc6n(-c6ncccc6C(C)(C)C)c5c4)cc3c2n1. The van der Waals surface area contributed by atoms with Crippen LogP contribution in [0.1, 0.15) is 31.9 Å². The van der Waals surface area contributed by atoms with E-state index in [1.807, 2.05) is 12.3 Å². The van der Waals surface area contributed by atoms with Crippen LogP contribution >= 0.6 is 0 Å². The highest BCUT2D eigenvalue weighted by Gasteiger charge is 2.23. The van der Waals surface area contributed by atoms with Crippen LogP contribution in [0.2, 0.25) is 0 Å². The van der Waals surface area contributed by atoms with E-state index in [9.17, 15) is 0 Å². The Labute approximate surface area is 278 Å². The normalized spacial score (nSPS) is 12.2. The number of benzene rings is 5. The fraction of sp³-hybridized carbons (Fsp3) is 0.116. The molecule has 232 valence electrons. The minimum Gasteiger partial charge on any atom is -0.457 e. The molecule has 0 aliphatic heterocycles. The van der Waals surface area contributed by atoms with Gasteiger partial charge in [0.15, 0.2) is 0 Å². The van der Waals surface area contributed by atoms with Gasteiger partial charge in [-0.25, -0.2) is 9.97 Å². The van der Waals surface area contributed by atoms with Gasteiger partial charge in [-0.15, -0.1) is 0 Å². The van der Waals surface area contributed by atoms with Crippen LogP contribution in [-0.4, -0.2) is 18.9 Å². The zero-order chi connectivity index (χ0) is 32.6. The summed E-state index contributed by atoms with van der Waals surface area (Å²) < 4.78 is 11.2. The summed E-state index contributed by atoms with van der Waals surface area (Å²) >= 11 is 0. The lowest BCUT2D eigenvalue weighted by Crippen LogP contribution is -2.16. The first kappa shape index (κ1) is 28.3. The lowest BCUT2D eigenvalue weighted by Gasteiger charge is -2.23. The van der Waals surface area contributed by atoms with Gasteiger partial charge in [-0.1, -0.05) is 87.5 Å². The van der Waals surface area contributed by atoms with Crippen molar-refractivity contribution < 1.29 is 4.74 Å². The predicted molar refractivity (Wildman–Crippen MR) is 198 cm³/mol. The fourth-order valence-electron chi connectivity index (χ4n) is 7.20. The number of fused-ring (bicyclic) bond motifs is 9. The van der Waals surface area contributed by atoms with E-state index in [1.165, 1.54) is 21.9 Å². The molecule has 0 spiro atoms. The summed E-state index contributed by atoms with van der Waals surface area (Å²) in [4.78, 5) is 10.1. The van der Waals surface area contributed by atoms with Gasteiger partial charge in [0.05, 0.1) is 22.2 Å². The van der Waals surface area contributed by atoms with Crippen LogP contribution in [0, 0.1) is 6.92 Å². The monoisotopic (exact) mass is 622 g/mol. The van der Waals surface area contributed by atoms with Crippen LogP contribution in [0.3, 0.4) is 0 Å². The molecule has 0 saturated heterocycles. The second kappa shape index (κ2) is 10.5. The zero-order valence-corrected chi connectivity index (χ0v) is 27.4. The largest absolute Gasteiger partial charge is 0.457 e. The summed E-state index contributed by atoms with van der Waals surface area (Å²) in [5.74, 6) is 2.47. The van der Waals surface area contributed by atoms with E-state index < -0.39 is 0 Å². The number of hydrogen-bond donors (Lipinski definition) is 0. The predicted octanol–water partition coefficient (Wildman–Crippen LogP) is 11.2. The maximum absolute atomic E-state index is 6.68. The Kier molecular flexibility index (Phi) is 6.21. The van der Waals surface area contributed by atoms with Gasteiger partial charge >= 0.3 is 0 Å². The lowest BCUT2D eigenvalue weighted by molar-refractivity contribution is 0.484. The van der Waals surface area contributed by atoms with E-state index in [0.717, 1.165) is 66.9 Å². The van der Waals surface area contributed by atoms with Gasteiger partial charge < -0.3 is 4.74 Å². The molecule has 0 saturated carbocycles. The molecule has 5 heteroatoms. The van der Waals surface area contributed by atoms with Crippen LogP contribution < -0.4 is 4.74 Å². The fourth-order valence-corrected chi connectivity index (χ4v) is 7.20. The van der Waals surface area contributed by atoms with E-state index in [-0.39, 0.29) is 5.41 Å². The highest BCUT2D eigenvalue weighted by Crippen LogP contribution is 2.39. The summed E-state index contributed by atoms with van der Waals surface area (Å²) in [6.07, 6.45) is 4.04. The Morgan fingerprint density at radius 3 is 2.06 bits per heavy atom. The number of para-hydroxylation sites is 2. The maximum atomic E-state index is 6.68. The average Bonchev–Trinajstić information content (AvgIpc) is 3.68. The van der Waals surface area contributed by atoms with Gasteiger partial charge in [0, 0.05) is 51.1 Å². The van der Waals surface area contributed by atoms with Crippen LogP contribution in [0.5, 0.6) is 11.5 Å². The molecule has 0 N–H and O–H groups in total. The molecule has 0 bridgehead atoms. The molecule has 9 rings (SSSR count). The Hall–Kier alpha value is -5.94.